The summed E-state index contributed by atoms with van der Waals surface area (Å²) >= 11 is 0. The van der Waals surface area contributed by atoms with Crippen molar-refractivity contribution in [1.29, 1.82) is 0 Å². The van der Waals surface area contributed by atoms with Crippen LogP contribution in [0.3, 0.4) is 0 Å². The standard InChI is InChI=1S/C8H9FSi/c1-6-3-4-7(9)8(5-6)10-2/h3-5H,1-2H3. The Balaban J connectivity index is 3.09. The fourth-order valence-electron chi connectivity index (χ4n) is 0.831. The molecule has 2 heteroatoms. The molecule has 1 rings (SSSR count). The molecule has 0 aliphatic rings. The Kier molecular flexibility index (Phi) is 2.22. The minimum atomic E-state index is -0.0774. The number of hydrogen-bond acceptors (Lipinski definition) is 0. The SMILES string of the molecule is C[Si]c1cc(C)ccc1F. The first kappa shape index (κ1) is 7.47. The molecular formula is C8H9FSi. The van der Waals surface area contributed by atoms with Crippen LogP contribution in [-0.2, 0) is 0 Å². The van der Waals surface area contributed by atoms with Crippen LogP contribution in [0.25, 0.3) is 0 Å². The highest BCUT2D eigenvalue weighted by Gasteiger charge is 1.97. The average molecular weight is 152 g/mol. The highest BCUT2D eigenvalue weighted by Crippen LogP contribution is 1.97. The molecule has 2 radical (unpaired) electrons. The van der Waals surface area contributed by atoms with Gasteiger partial charge in [-0.3, -0.25) is 0 Å². The molecule has 0 saturated carbocycles. The molecule has 0 aromatic heterocycles. The Morgan fingerprint density at radius 2 is 2.10 bits per heavy atom. The predicted octanol–water partition coefficient (Wildman–Crippen LogP) is 1.51. The van der Waals surface area contributed by atoms with Gasteiger partial charge in [-0.1, -0.05) is 24.2 Å². The van der Waals surface area contributed by atoms with Gasteiger partial charge in [0.2, 0.25) is 0 Å². The van der Waals surface area contributed by atoms with Crippen molar-refractivity contribution in [3.63, 3.8) is 0 Å². The molecule has 1 aromatic carbocycles. The second-order valence-electron chi connectivity index (χ2n) is 2.23. The van der Waals surface area contributed by atoms with E-state index in [-0.39, 0.29) is 5.82 Å². The first-order valence-corrected chi connectivity index (χ1v) is 4.68. The van der Waals surface area contributed by atoms with E-state index >= 15 is 0 Å². The largest absolute Gasteiger partial charge is 0.207 e. The van der Waals surface area contributed by atoms with Gasteiger partial charge in [0.1, 0.15) is 5.82 Å². The maximum absolute atomic E-state index is 12.8. The number of halogens is 1. The molecule has 0 atom stereocenters. The van der Waals surface area contributed by atoms with E-state index in [1.165, 1.54) is 6.07 Å². The van der Waals surface area contributed by atoms with Crippen molar-refractivity contribution < 1.29 is 4.39 Å². The zero-order valence-corrected chi connectivity index (χ0v) is 7.11. The van der Waals surface area contributed by atoms with Crippen LogP contribution in [0.5, 0.6) is 0 Å². The lowest BCUT2D eigenvalue weighted by Crippen LogP contribution is -2.15. The zero-order valence-electron chi connectivity index (χ0n) is 6.11. The van der Waals surface area contributed by atoms with Crippen LogP contribution in [0.15, 0.2) is 18.2 Å². The lowest BCUT2D eigenvalue weighted by molar-refractivity contribution is 0.635. The number of benzene rings is 1. The maximum atomic E-state index is 12.8. The van der Waals surface area contributed by atoms with E-state index in [2.05, 4.69) is 0 Å². The molecule has 0 aliphatic carbocycles. The van der Waals surface area contributed by atoms with Crippen LogP contribution in [0, 0.1) is 12.7 Å². The van der Waals surface area contributed by atoms with Crippen molar-refractivity contribution in [2.24, 2.45) is 0 Å². The van der Waals surface area contributed by atoms with Gasteiger partial charge in [0, 0.05) is 0 Å². The third-order valence-electron chi connectivity index (χ3n) is 1.39. The van der Waals surface area contributed by atoms with E-state index in [0.717, 1.165) is 10.8 Å². The van der Waals surface area contributed by atoms with Gasteiger partial charge < -0.3 is 0 Å². The van der Waals surface area contributed by atoms with Crippen molar-refractivity contribution in [2.45, 2.75) is 13.5 Å². The zero-order chi connectivity index (χ0) is 7.56. The summed E-state index contributed by atoms with van der Waals surface area (Å²) in [6, 6.07) is 5.22. The summed E-state index contributed by atoms with van der Waals surface area (Å²) in [5, 5.41) is 0.833. The van der Waals surface area contributed by atoms with Crippen LogP contribution < -0.4 is 5.19 Å². The third kappa shape index (κ3) is 1.45. The van der Waals surface area contributed by atoms with Crippen molar-refractivity contribution in [2.75, 3.05) is 0 Å². The summed E-state index contributed by atoms with van der Waals surface area (Å²) < 4.78 is 12.8. The molecule has 0 heterocycles. The van der Waals surface area contributed by atoms with E-state index in [4.69, 9.17) is 0 Å². The second-order valence-corrected chi connectivity index (χ2v) is 3.27. The van der Waals surface area contributed by atoms with Crippen LogP contribution in [-0.4, -0.2) is 9.52 Å². The Morgan fingerprint density at radius 3 is 2.60 bits per heavy atom. The lowest BCUT2D eigenvalue weighted by Gasteiger charge is -1.98. The summed E-state index contributed by atoms with van der Waals surface area (Å²) in [5.74, 6) is -0.0774. The van der Waals surface area contributed by atoms with Crippen LogP contribution in [0.1, 0.15) is 5.56 Å². The Hall–Kier alpha value is -0.633. The predicted molar refractivity (Wildman–Crippen MR) is 42.4 cm³/mol. The molecule has 0 bridgehead atoms. The van der Waals surface area contributed by atoms with Gasteiger partial charge in [0.05, 0.1) is 9.52 Å². The maximum Gasteiger partial charge on any atom is 0.121 e. The van der Waals surface area contributed by atoms with Crippen molar-refractivity contribution in [3.05, 3.63) is 29.6 Å². The molecule has 0 nitrogen and oxygen atoms in total. The summed E-state index contributed by atoms with van der Waals surface area (Å²) in [6.45, 7) is 3.96. The number of hydrogen-bond donors (Lipinski definition) is 0. The van der Waals surface area contributed by atoms with Gasteiger partial charge in [0.15, 0.2) is 0 Å². The lowest BCUT2D eigenvalue weighted by atomic mass is 10.2. The smallest absolute Gasteiger partial charge is 0.121 e. The highest BCUT2D eigenvalue weighted by molar-refractivity contribution is 6.52. The van der Waals surface area contributed by atoms with Gasteiger partial charge in [-0.25, -0.2) is 4.39 Å². The summed E-state index contributed by atoms with van der Waals surface area (Å²) in [7, 11) is 0.550. The summed E-state index contributed by atoms with van der Waals surface area (Å²) in [4.78, 5) is 0. The van der Waals surface area contributed by atoms with Gasteiger partial charge >= 0.3 is 0 Å². The van der Waals surface area contributed by atoms with Crippen LogP contribution in [0.2, 0.25) is 6.55 Å². The van der Waals surface area contributed by atoms with Crippen molar-refractivity contribution >= 4 is 14.7 Å². The molecule has 10 heavy (non-hydrogen) atoms. The summed E-state index contributed by atoms with van der Waals surface area (Å²) in [5.41, 5.74) is 1.13. The van der Waals surface area contributed by atoms with Crippen molar-refractivity contribution in [1.82, 2.24) is 0 Å². The van der Waals surface area contributed by atoms with Gasteiger partial charge in [-0.15, -0.1) is 0 Å². The Bertz CT molecular complexity index is 233. The fourth-order valence-corrected chi connectivity index (χ4v) is 1.52. The van der Waals surface area contributed by atoms with E-state index in [1.54, 1.807) is 6.07 Å². The minimum absolute atomic E-state index is 0.0774. The molecule has 0 aliphatic heterocycles. The van der Waals surface area contributed by atoms with Crippen LogP contribution >= 0.6 is 0 Å². The molecule has 52 valence electrons. The second kappa shape index (κ2) is 2.97. The monoisotopic (exact) mass is 152 g/mol. The highest BCUT2D eigenvalue weighted by atomic mass is 28.2. The number of rotatable bonds is 1. The van der Waals surface area contributed by atoms with E-state index in [9.17, 15) is 4.39 Å². The molecule has 0 spiro atoms. The summed E-state index contributed by atoms with van der Waals surface area (Å²) in [6.07, 6.45) is 0. The minimum Gasteiger partial charge on any atom is -0.207 e. The molecule has 1 aromatic rings. The van der Waals surface area contributed by atoms with Crippen molar-refractivity contribution in [3.8, 4) is 0 Å². The first-order chi connectivity index (χ1) is 4.74. The quantitative estimate of drug-likeness (QED) is 0.535. The number of aryl methyl sites for hydroxylation is 1. The fraction of sp³-hybridized carbons (Fsp3) is 0.250. The molecule has 0 saturated heterocycles. The van der Waals surface area contributed by atoms with Crippen LogP contribution in [0.4, 0.5) is 4.39 Å². The Morgan fingerprint density at radius 1 is 1.40 bits per heavy atom. The molecular weight excluding hydrogens is 143 g/mol. The van der Waals surface area contributed by atoms with E-state index in [1.807, 2.05) is 19.5 Å². The average Bonchev–Trinajstić information content (AvgIpc) is 1.94. The molecule has 0 amide bonds. The normalized spacial score (nSPS) is 9.90. The van der Waals surface area contributed by atoms with E-state index in [0.29, 0.717) is 9.52 Å². The molecule has 0 unspecified atom stereocenters. The van der Waals surface area contributed by atoms with E-state index < -0.39 is 0 Å². The first-order valence-electron chi connectivity index (χ1n) is 3.18. The van der Waals surface area contributed by atoms with Gasteiger partial charge in [0.25, 0.3) is 0 Å². The Labute approximate surface area is 62.9 Å². The molecule has 0 fully saturated rings. The topological polar surface area (TPSA) is 0 Å². The molecule has 0 N–H and O–H groups in total. The third-order valence-corrected chi connectivity index (χ3v) is 2.31. The van der Waals surface area contributed by atoms with Gasteiger partial charge in [-0.2, -0.15) is 0 Å². The van der Waals surface area contributed by atoms with Gasteiger partial charge in [-0.05, 0) is 18.2 Å².